The van der Waals surface area contributed by atoms with Gasteiger partial charge in [0, 0.05) is 24.9 Å². The smallest absolute Gasteiger partial charge is 0.294 e. The quantitative estimate of drug-likeness (QED) is 0.673. The van der Waals surface area contributed by atoms with Crippen LogP contribution >= 0.6 is 39.1 Å². The summed E-state index contributed by atoms with van der Waals surface area (Å²) in [5.41, 5.74) is 1.67. The van der Waals surface area contributed by atoms with Crippen LogP contribution in [0.4, 0.5) is 11.5 Å². The number of halogens is 3. The van der Waals surface area contributed by atoms with E-state index in [1.807, 2.05) is 17.9 Å². The number of hydrogen-bond acceptors (Lipinski definition) is 4. The maximum atomic E-state index is 13.1. The molecule has 134 valence electrons. The SMILES string of the molecule is CC[C@@H](COC)n1cc(Br)nc(N2CCc3cc(Cl)cc(Cl)c32)c1=O. The van der Waals surface area contributed by atoms with E-state index in [1.54, 1.807) is 23.9 Å². The Hall–Kier alpha value is -1.08. The summed E-state index contributed by atoms with van der Waals surface area (Å²) in [6, 6.07) is 3.52. The van der Waals surface area contributed by atoms with Crippen molar-refractivity contribution in [1.82, 2.24) is 9.55 Å². The first kappa shape index (κ1) is 18.7. The van der Waals surface area contributed by atoms with Gasteiger partial charge >= 0.3 is 0 Å². The first-order chi connectivity index (χ1) is 12.0. The lowest BCUT2D eigenvalue weighted by atomic mass is 10.2. The number of methoxy groups -OCH3 is 1. The Labute approximate surface area is 164 Å². The van der Waals surface area contributed by atoms with Crippen LogP contribution in [0.3, 0.4) is 0 Å². The Balaban J connectivity index is 2.12. The highest BCUT2D eigenvalue weighted by atomic mass is 79.9. The third-order valence-electron chi connectivity index (χ3n) is 4.35. The summed E-state index contributed by atoms with van der Waals surface area (Å²) in [7, 11) is 1.63. The van der Waals surface area contributed by atoms with Crippen LogP contribution < -0.4 is 10.5 Å². The van der Waals surface area contributed by atoms with Gasteiger partial charge in [-0.15, -0.1) is 0 Å². The summed E-state index contributed by atoms with van der Waals surface area (Å²) in [4.78, 5) is 19.4. The highest BCUT2D eigenvalue weighted by Gasteiger charge is 2.28. The van der Waals surface area contributed by atoms with Crippen LogP contribution in [0.1, 0.15) is 24.9 Å². The Bertz CT molecular complexity index is 857. The van der Waals surface area contributed by atoms with Crippen LogP contribution in [-0.2, 0) is 11.2 Å². The molecule has 0 bridgehead atoms. The monoisotopic (exact) mass is 445 g/mol. The van der Waals surface area contributed by atoms with Crippen molar-refractivity contribution in [2.45, 2.75) is 25.8 Å². The second kappa shape index (κ2) is 7.66. The molecular weight excluding hydrogens is 429 g/mol. The zero-order valence-electron chi connectivity index (χ0n) is 13.9. The van der Waals surface area contributed by atoms with E-state index >= 15 is 0 Å². The average Bonchev–Trinajstić information content (AvgIpc) is 2.98. The molecule has 0 radical (unpaired) electrons. The zero-order valence-corrected chi connectivity index (χ0v) is 17.0. The number of ether oxygens (including phenoxy) is 1. The molecule has 1 aliphatic rings. The molecule has 0 spiro atoms. The number of nitrogens with zero attached hydrogens (tertiary/aromatic N) is 3. The molecule has 1 aromatic carbocycles. The normalized spacial score (nSPS) is 14.7. The lowest BCUT2D eigenvalue weighted by Crippen LogP contribution is -2.33. The molecule has 25 heavy (non-hydrogen) atoms. The van der Waals surface area contributed by atoms with Gasteiger partial charge in [-0.2, -0.15) is 0 Å². The molecule has 5 nitrogen and oxygen atoms in total. The lowest BCUT2D eigenvalue weighted by Gasteiger charge is -2.23. The summed E-state index contributed by atoms with van der Waals surface area (Å²) < 4.78 is 7.52. The average molecular weight is 447 g/mol. The van der Waals surface area contributed by atoms with Crippen LogP contribution in [-0.4, -0.2) is 29.8 Å². The Morgan fingerprint density at radius 3 is 2.84 bits per heavy atom. The number of hydrogen-bond donors (Lipinski definition) is 0. The molecular formula is C17H18BrCl2N3O2. The van der Waals surface area contributed by atoms with Crippen LogP contribution in [0.5, 0.6) is 0 Å². The fraction of sp³-hybridized carbons (Fsp3) is 0.412. The van der Waals surface area contributed by atoms with Crippen LogP contribution in [0.25, 0.3) is 0 Å². The van der Waals surface area contributed by atoms with Gasteiger partial charge < -0.3 is 14.2 Å². The molecule has 0 saturated carbocycles. The molecule has 8 heteroatoms. The predicted octanol–water partition coefficient (Wildman–Crippen LogP) is 4.60. The molecule has 1 aliphatic heterocycles. The van der Waals surface area contributed by atoms with E-state index in [9.17, 15) is 4.79 Å². The molecule has 0 aliphatic carbocycles. The second-order valence-corrected chi connectivity index (χ2v) is 7.57. The number of fused-ring (bicyclic) bond motifs is 1. The second-order valence-electron chi connectivity index (χ2n) is 5.91. The molecule has 0 amide bonds. The third-order valence-corrected chi connectivity index (χ3v) is 5.23. The van der Waals surface area contributed by atoms with Gasteiger partial charge in [-0.25, -0.2) is 4.98 Å². The van der Waals surface area contributed by atoms with Crippen molar-refractivity contribution in [3.8, 4) is 0 Å². The first-order valence-corrected chi connectivity index (χ1v) is 9.54. The molecule has 1 aromatic heterocycles. The van der Waals surface area contributed by atoms with Crippen LogP contribution in [0, 0.1) is 0 Å². The highest BCUT2D eigenvalue weighted by Crippen LogP contribution is 2.40. The first-order valence-electron chi connectivity index (χ1n) is 7.99. The van der Waals surface area contributed by atoms with Crippen molar-refractivity contribution in [3.05, 3.63) is 48.9 Å². The standard InChI is InChI=1S/C17H18BrCl2N3O2/c1-3-12(9-25-2)23-8-14(18)21-16(17(23)24)22-5-4-10-6-11(19)7-13(20)15(10)22/h6-8,12H,3-5,9H2,1-2H3/t12-/m0/s1. The predicted molar refractivity (Wildman–Crippen MR) is 105 cm³/mol. The zero-order chi connectivity index (χ0) is 18.1. The molecule has 0 unspecified atom stereocenters. The molecule has 3 rings (SSSR count). The summed E-state index contributed by atoms with van der Waals surface area (Å²) in [6.07, 6.45) is 3.24. The Kier molecular flexibility index (Phi) is 5.73. The highest BCUT2D eigenvalue weighted by molar-refractivity contribution is 9.10. The van der Waals surface area contributed by atoms with Gasteiger partial charge in [-0.3, -0.25) is 4.79 Å². The lowest BCUT2D eigenvalue weighted by molar-refractivity contribution is 0.151. The van der Waals surface area contributed by atoms with Gasteiger partial charge in [0.1, 0.15) is 4.60 Å². The maximum absolute atomic E-state index is 13.1. The molecule has 2 heterocycles. The van der Waals surface area contributed by atoms with Gasteiger partial charge in [0.25, 0.3) is 5.56 Å². The van der Waals surface area contributed by atoms with E-state index in [0.29, 0.717) is 33.6 Å². The summed E-state index contributed by atoms with van der Waals surface area (Å²) >= 11 is 15.9. The van der Waals surface area contributed by atoms with Crippen molar-refractivity contribution < 1.29 is 4.74 Å². The van der Waals surface area contributed by atoms with Crippen molar-refractivity contribution >= 4 is 50.6 Å². The minimum Gasteiger partial charge on any atom is -0.383 e. The third kappa shape index (κ3) is 3.58. The topological polar surface area (TPSA) is 47.4 Å². The van der Waals surface area contributed by atoms with E-state index in [4.69, 9.17) is 27.9 Å². The molecule has 0 saturated heterocycles. The van der Waals surface area contributed by atoms with Crippen molar-refractivity contribution in [2.75, 3.05) is 25.2 Å². The van der Waals surface area contributed by atoms with Gasteiger partial charge in [0.15, 0.2) is 0 Å². The van der Waals surface area contributed by atoms with Crippen molar-refractivity contribution in [2.24, 2.45) is 0 Å². The van der Waals surface area contributed by atoms with E-state index in [1.165, 1.54) is 0 Å². The number of anilines is 2. The van der Waals surface area contributed by atoms with E-state index in [-0.39, 0.29) is 11.6 Å². The molecule has 0 N–H and O–H groups in total. The fourth-order valence-corrected chi connectivity index (χ4v) is 4.20. The van der Waals surface area contributed by atoms with Crippen LogP contribution in [0.15, 0.2) is 27.7 Å². The largest absolute Gasteiger partial charge is 0.383 e. The number of benzene rings is 1. The van der Waals surface area contributed by atoms with Gasteiger partial charge in [0.05, 0.1) is 23.4 Å². The van der Waals surface area contributed by atoms with E-state index in [0.717, 1.165) is 24.1 Å². The summed E-state index contributed by atoms with van der Waals surface area (Å²) in [5, 5.41) is 1.12. The molecule has 1 atom stereocenters. The number of aromatic nitrogens is 2. The minimum absolute atomic E-state index is 0.0571. The van der Waals surface area contributed by atoms with Gasteiger partial charge in [0.2, 0.25) is 5.82 Å². The maximum Gasteiger partial charge on any atom is 0.294 e. The summed E-state index contributed by atoms with van der Waals surface area (Å²) in [6.45, 7) is 3.11. The number of rotatable bonds is 5. The Morgan fingerprint density at radius 1 is 1.40 bits per heavy atom. The molecule has 2 aromatic rings. The van der Waals surface area contributed by atoms with E-state index < -0.39 is 0 Å². The van der Waals surface area contributed by atoms with E-state index in [2.05, 4.69) is 20.9 Å². The summed E-state index contributed by atoms with van der Waals surface area (Å²) in [5.74, 6) is 0.354. The van der Waals surface area contributed by atoms with Crippen LogP contribution in [0.2, 0.25) is 10.0 Å². The van der Waals surface area contributed by atoms with Crippen molar-refractivity contribution in [1.29, 1.82) is 0 Å². The fourth-order valence-electron chi connectivity index (χ4n) is 3.17. The Morgan fingerprint density at radius 2 is 2.16 bits per heavy atom. The van der Waals surface area contributed by atoms with Crippen molar-refractivity contribution in [3.63, 3.8) is 0 Å². The van der Waals surface area contributed by atoms with Gasteiger partial charge in [-0.1, -0.05) is 30.1 Å². The minimum atomic E-state index is -0.161. The molecule has 0 fully saturated rings. The van der Waals surface area contributed by atoms with Gasteiger partial charge in [-0.05, 0) is 46.5 Å².